The van der Waals surface area contributed by atoms with Gasteiger partial charge in [0.05, 0.1) is 31.3 Å². The highest BCUT2D eigenvalue weighted by Gasteiger charge is 2.11. The van der Waals surface area contributed by atoms with Gasteiger partial charge in [0.15, 0.2) is 17.3 Å². The number of methoxy groups -OCH3 is 1. The van der Waals surface area contributed by atoms with E-state index in [1.54, 1.807) is 14.0 Å². The Morgan fingerprint density at radius 3 is 2.55 bits per heavy atom. The second-order valence-electron chi connectivity index (χ2n) is 3.65. The maximum Gasteiger partial charge on any atom is 0.199 e. The van der Waals surface area contributed by atoms with Crippen molar-refractivity contribution in [1.82, 2.24) is 5.32 Å². The van der Waals surface area contributed by atoms with E-state index in [0.29, 0.717) is 36.3 Å². The molecule has 0 aliphatic heterocycles. The summed E-state index contributed by atoms with van der Waals surface area (Å²) in [5.41, 5.74) is 1.15. The molecule has 0 fully saturated rings. The summed E-state index contributed by atoms with van der Waals surface area (Å²) in [4.78, 5) is 25.5. The van der Waals surface area contributed by atoms with Crippen LogP contribution in [0.4, 0.5) is 0 Å². The van der Waals surface area contributed by atoms with Crippen molar-refractivity contribution in [2.24, 2.45) is 4.99 Å². The van der Waals surface area contributed by atoms with Gasteiger partial charge in [0, 0.05) is 13.5 Å². The Balaban J connectivity index is 5.05. The third-order valence-electron chi connectivity index (χ3n) is 2.14. The van der Waals surface area contributed by atoms with Gasteiger partial charge in [-0.05, 0) is 19.9 Å². The molecule has 0 aromatic heterocycles. The van der Waals surface area contributed by atoms with Gasteiger partial charge in [0.2, 0.25) is 0 Å². The Bertz CT molecular complexity index is 417. The molecule has 6 nitrogen and oxygen atoms in total. The predicted molar refractivity (Wildman–Crippen MR) is 80.2 cm³/mol. The summed E-state index contributed by atoms with van der Waals surface area (Å²) in [5, 5.41) is 3.36. The summed E-state index contributed by atoms with van der Waals surface area (Å²) in [6.45, 7) is 4.14. The lowest BCUT2D eigenvalue weighted by atomic mass is 10.1. The molecule has 0 amide bonds. The van der Waals surface area contributed by atoms with Crippen molar-refractivity contribution in [3.8, 4) is 0 Å². The van der Waals surface area contributed by atoms with Crippen molar-refractivity contribution in [1.29, 1.82) is 0 Å². The quantitative estimate of drug-likeness (QED) is 0.184. The maximum absolute atomic E-state index is 11.2. The Hall–Kier alpha value is -1.60. The number of amidine groups is 1. The van der Waals surface area contributed by atoms with Crippen molar-refractivity contribution in [2.45, 2.75) is 20.3 Å². The van der Waals surface area contributed by atoms with E-state index in [9.17, 15) is 9.59 Å². The predicted octanol–water partition coefficient (Wildman–Crippen LogP) is 1.84. The molecule has 0 aliphatic rings. The zero-order valence-corrected chi connectivity index (χ0v) is 13.0. The number of rotatable bonds is 8. The van der Waals surface area contributed by atoms with Crippen molar-refractivity contribution >= 4 is 29.8 Å². The van der Waals surface area contributed by atoms with Crippen LogP contribution in [0.1, 0.15) is 20.3 Å². The molecule has 0 unspecified atom stereocenters. The van der Waals surface area contributed by atoms with Crippen LogP contribution >= 0.6 is 12.0 Å². The topological polar surface area (TPSA) is 77.0 Å². The summed E-state index contributed by atoms with van der Waals surface area (Å²) >= 11 is 1.06. The number of hydrogen-bond acceptors (Lipinski definition) is 6. The number of nitrogens with zero attached hydrogens (tertiary/aromatic N) is 1. The van der Waals surface area contributed by atoms with Crippen LogP contribution in [0.5, 0.6) is 0 Å². The van der Waals surface area contributed by atoms with Gasteiger partial charge in [-0.15, -0.1) is 0 Å². The summed E-state index contributed by atoms with van der Waals surface area (Å²) in [6.07, 6.45) is 3.09. The van der Waals surface area contributed by atoms with Crippen molar-refractivity contribution in [2.75, 3.05) is 20.8 Å². The molecular formula is C13H20N2O4S. The van der Waals surface area contributed by atoms with Gasteiger partial charge in [0.25, 0.3) is 0 Å². The lowest BCUT2D eigenvalue weighted by molar-refractivity contribution is -0.105. The molecule has 0 atom stereocenters. The highest BCUT2D eigenvalue weighted by atomic mass is 32.2. The average molecular weight is 300 g/mol. The van der Waals surface area contributed by atoms with Gasteiger partial charge in [0.1, 0.15) is 6.29 Å². The molecule has 0 radical (unpaired) electrons. The van der Waals surface area contributed by atoms with Gasteiger partial charge in [-0.1, -0.05) is 5.57 Å². The number of ether oxygens (including phenoxy) is 1. The van der Waals surface area contributed by atoms with E-state index in [2.05, 4.69) is 10.3 Å². The van der Waals surface area contributed by atoms with Crippen molar-refractivity contribution in [3.63, 3.8) is 0 Å². The van der Waals surface area contributed by atoms with E-state index in [0.717, 1.165) is 17.6 Å². The number of aldehydes is 2. The lowest BCUT2D eigenvalue weighted by Gasteiger charge is -2.13. The molecular weight excluding hydrogens is 280 g/mol. The fourth-order valence-corrected chi connectivity index (χ4v) is 1.68. The molecule has 0 aromatic rings. The van der Waals surface area contributed by atoms with E-state index in [1.807, 2.05) is 6.92 Å². The number of carbonyl (C=O) groups excluding carboxylic acids is 2. The van der Waals surface area contributed by atoms with Gasteiger partial charge < -0.3 is 14.2 Å². The van der Waals surface area contributed by atoms with Gasteiger partial charge in [-0.2, -0.15) is 0 Å². The fourth-order valence-electron chi connectivity index (χ4n) is 1.24. The molecule has 1 N–H and O–H groups in total. The maximum atomic E-state index is 11.2. The van der Waals surface area contributed by atoms with Crippen LogP contribution in [0.15, 0.2) is 28.1 Å². The molecule has 0 saturated carbocycles. The third-order valence-corrected chi connectivity index (χ3v) is 2.94. The second-order valence-corrected chi connectivity index (χ2v) is 4.43. The number of nitrogens with one attached hydrogen (secondary N) is 1. The summed E-state index contributed by atoms with van der Waals surface area (Å²) in [7, 11) is 3.04. The second kappa shape index (κ2) is 11.2. The first-order chi connectivity index (χ1) is 9.62. The number of aliphatic imine (C=N–C) groups is 1. The van der Waals surface area contributed by atoms with E-state index in [-0.39, 0.29) is 5.88 Å². The minimum Gasteiger partial charge on any atom is -0.482 e. The first-order valence-electron chi connectivity index (χ1n) is 5.99. The molecule has 0 aliphatic carbocycles. The van der Waals surface area contributed by atoms with E-state index in [4.69, 9.17) is 8.92 Å². The SMILES string of the molecule is CCOSC(=NC)N/C(OC)=C(\C=O)C/C(C)=C\C=O. The van der Waals surface area contributed by atoms with Crippen LogP contribution in [0.3, 0.4) is 0 Å². The molecule has 0 aromatic carbocycles. The Labute approximate surface area is 123 Å². The van der Waals surface area contributed by atoms with Crippen LogP contribution in [0.25, 0.3) is 0 Å². The Morgan fingerprint density at radius 2 is 2.10 bits per heavy atom. The smallest absolute Gasteiger partial charge is 0.199 e. The van der Waals surface area contributed by atoms with Gasteiger partial charge >= 0.3 is 0 Å². The Kier molecular flexibility index (Phi) is 10.3. The molecule has 0 saturated heterocycles. The average Bonchev–Trinajstić information content (AvgIpc) is 2.46. The molecule has 0 heterocycles. The number of hydrogen-bond donors (Lipinski definition) is 1. The summed E-state index contributed by atoms with van der Waals surface area (Å²) in [5.74, 6) is 0.284. The largest absolute Gasteiger partial charge is 0.482 e. The number of allylic oxidation sites excluding steroid dienone is 3. The Morgan fingerprint density at radius 1 is 1.40 bits per heavy atom. The first-order valence-corrected chi connectivity index (χ1v) is 6.73. The van der Waals surface area contributed by atoms with Gasteiger partial charge in [-0.25, -0.2) is 0 Å². The summed E-state index contributed by atoms with van der Waals surface area (Å²) in [6, 6.07) is 0. The minimum absolute atomic E-state index is 0.284. The third kappa shape index (κ3) is 7.10. The first kappa shape index (κ1) is 18.4. The van der Waals surface area contributed by atoms with E-state index in [1.165, 1.54) is 13.2 Å². The molecule has 0 rings (SSSR count). The molecule has 0 bridgehead atoms. The van der Waals surface area contributed by atoms with Crippen LogP contribution in [-0.4, -0.2) is 38.5 Å². The molecule has 7 heteroatoms. The van der Waals surface area contributed by atoms with E-state index < -0.39 is 0 Å². The highest BCUT2D eigenvalue weighted by molar-refractivity contribution is 8.09. The van der Waals surface area contributed by atoms with Gasteiger partial charge in [-0.3, -0.25) is 14.6 Å². The normalized spacial score (nSPS) is 13.6. The lowest BCUT2D eigenvalue weighted by Crippen LogP contribution is -2.23. The fraction of sp³-hybridized carbons (Fsp3) is 0.462. The number of carbonyl (C=O) groups is 2. The standard InChI is InChI=1S/C13H20N2O4S/c1-5-19-20-13(14-3)15-12(18-4)11(9-17)8-10(2)6-7-16/h6-7,9H,5,8H2,1-4H3,(H,14,15)/b10-6-,12-11+. The van der Waals surface area contributed by atoms with Crippen molar-refractivity contribution in [3.05, 3.63) is 23.1 Å². The zero-order chi connectivity index (χ0) is 15.4. The summed E-state index contributed by atoms with van der Waals surface area (Å²) < 4.78 is 10.3. The zero-order valence-electron chi connectivity index (χ0n) is 12.1. The monoisotopic (exact) mass is 300 g/mol. The van der Waals surface area contributed by atoms with Crippen LogP contribution in [0, 0.1) is 0 Å². The highest BCUT2D eigenvalue weighted by Crippen LogP contribution is 2.14. The van der Waals surface area contributed by atoms with E-state index >= 15 is 0 Å². The molecule has 0 spiro atoms. The van der Waals surface area contributed by atoms with Crippen LogP contribution < -0.4 is 5.32 Å². The molecule has 20 heavy (non-hydrogen) atoms. The van der Waals surface area contributed by atoms with Crippen LogP contribution in [-0.2, 0) is 18.5 Å². The molecule has 112 valence electrons. The van der Waals surface area contributed by atoms with Crippen molar-refractivity contribution < 1.29 is 18.5 Å². The van der Waals surface area contributed by atoms with Crippen LogP contribution in [0.2, 0.25) is 0 Å². The minimum atomic E-state index is 0.284.